The van der Waals surface area contributed by atoms with E-state index in [0.717, 1.165) is 33.0 Å². The smallest absolute Gasteiger partial charge is 0.319 e. The molecule has 208 valence electrons. The van der Waals surface area contributed by atoms with E-state index in [2.05, 4.69) is 6.58 Å². The van der Waals surface area contributed by atoms with Crippen molar-refractivity contribution < 1.29 is 22.4 Å². The van der Waals surface area contributed by atoms with Crippen molar-refractivity contribution in [3.05, 3.63) is 101 Å². The molecule has 0 saturated carbocycles. The first-order valence-electron chi connectivity index (χ1n) is 13.2. The molecule has 1 aliphatic heterocycles. The minimum Gasteiger partial charge on any atom is -0.339 e. The van der Waals surface area contributed by atoms with Gasteiger partial charge in [-0.2, -0.15) is 8.78 Å². The van der Waals surface area contributed by atoms with Gasteiger partial charge in [-0.3, -0.25) is 9.69 Å². The van der Waals surface area contributed by atoms with Crippen molar-refractivity contribution in [3.8, 4) is 11.1 Å². The third-order valence-corrected chi connectivity index (χ3v) is 8.58. The summed E-state index contributed by atoms with van der Waals surface area (Å²) in [7, 11) is 0. The molecule has 0 bridgehead atoms. The zero-order valence-electron chi connectivity index (χ0n) is 22.3. The molecule has 2 heterocycles. The number of hydrogen-bond acceptors (Lipinski definition) is 3. The summed E-state index contributed by atoms with van der Waals surface area (Å²) in [5, 5.41) is 2.82. The van der Waals surface area contributed by atoms with Crippen LogP contribution in [0.5, 0.6) is 0 Å². The lowest BCUT2D eigenvalue weighted by atomic mass is 9.92. The largest absolute Gasteiger partial charge is 0.339 e. The van der Waals surface area contributed by atoms with Crippen molar-refractivity contribution in [1.82, 2.24) is 4.90 Å². The summed E-state index contributed by atoms with van der Waals surface area (Å²) in [6, 6.07) is 18.9. The number of anilines is 1. The zero-order valence-corrected chi connectivity index (χ0v) is 23.2. The molecule has 0 spiro atoms. The zero-order chi connectivity index (χ0) is 28.6. The number of rotatable bonds is 7. The van der Waals surface area contributed by atoms with Crippen molar-refractivity contribution >= 4 is 33.0 Å². The molecule has 1 saturated heterocycles. The number of allylic oxidation sites excluding steroid dienone is 1. The van der Waals surface area contributed by atoms with Gasteiger partial charge in [-0.1, -0.05) is 49.0 Å². The van der Waals surface area contributed by atoms with E-state index in [9.17, 15) is 22.4 Å². The van der Waals surface area contributed by atoms with Gasteiger partial charge in [-0.05, 0) is 60.5 Å². The van der Waals surface area contributed by atoms with Crippen LogP contribution in [0.2, 0.25) is 0 Å². The molecule has 0 aliphatic carbocycles. The lowest BCUT2D eigenvalue weighted by Gasteiger charge is -2.37. The first-order chi connectivity index (χ1) is 19.0. The van der Waals surface area contributed by atoms with Gasteiger partial charge in [0.1, 0.15) is 0 Å². The number of halogens is 4. The van der Waals surface area contributed by atoms with Crippen LogP contribution in [0.1, 0.15) is 41.3 Å². The maximum Gasteiger partial charge on any atom is 0.319 e. The molecule has 0 atom stereocenters. The molecule has 1 aliphatic rings. The first-order valence-corrected chi connectivity index (χ1v) is 14.0. The number of nitrogens with zero attached hydrogens (tertiary/aromatic N) is 2. The van der Waals surface area contributed by atoms with Crippen molar-refractivity contribution in [2.75, 3.05) is 18.0 Å². The van der Waals surface area contributed by atoms with E-state index >= 15 is 0 Å². The third-order valence-electron chi connectivity index (χ3n) is 7.64. The number of hydrogen-bond donors (Lipinski definition) is 0. The Balaban J connectivity index is 1.29. The topological polar surface area (TPSA) is 23.6 Å². The summed E-state index contributed by atoms with van der Waals surface area (Å²) in [5.41, 5.74) is 3.61. The number of carbonyl (C=O) groups excluding carboxylic acids is 1. The van der Waals surface area contributed by atoms with Gasteiger partial charge in [0.25, 0.3) is 11.8 Å². The second kappa shape index (κ2) is 11.1. The number of fused-ring (bicyclic) bond motifs is 1. The minimum absolute atomic E-state index is 0.0437. The fraction of sp³-hybridized carbons (Fsp3) is 0.281. The molecule has 1 amide bonds. The van der Waals surface area contributed by atoms with Gasteiger partial charge in [0, 0.05) is 64.1 Å². The van der Waals surface area contributed by atoms with Crippen LogP contribution in [-0.4, -0.2) is 30.4 Å². The normalized spacial score (nSPS) is 14.6. The molecular formula is C32H30F4N2OS. The fourth-order valence-corrected chi connectivity index (χ4v) is 6.37. The number of likely N-dealkylation sites (tertiary alicyclic amines) is 1. The first kappa shape index (κ1) is 27.9. The predicted octanol–water partition coefficient (Wildman–Crippen LogP) is 9.08. The molecule has 3 aromatic carbocycles. The number of para-hydroxylation sites is 1. The van der Waals surface area contributed by atoms with Gasteiger partial charge in [0.05, 0.1) is 0 Å². The highest BCUT2D eigenvalue weighted by molar-refractivity contribution is 7.17. The summed E-state index contributed by atoms with van der Waals surface area (Å²) in [6.07, 6.45) is 1.09. The second-order valence-corrected chi connectivity index (χ2v) is 11.2. The van der Waals surface area contributed by atoms with Crippen LogP contribution < -0.4 is 4.90 Å². The Labute approximate surface area is 235 Å². The van der Waals surface area contributed by atoms with Crippen molar-refractivity contribution in [1.29, 1.82) is 0 Å². The maximum absolute atomic E-state index is 14.1. The molecule has 0 radical (unpaired) electrons. The summed E-state index contributed by atoms with van der Waals surface area (Å²) in [5.74, 6) is -3.20. The van der Waals surface area contributed by atoms with Gasteiger partial charge < -0.3 is 4.90 Å². The molecule has 8 heteroatoms. The minimum atomic E-state index is -2.93. The van der Waals surface area contributed by atoms with E-state index < -0.39 is 12.5 Å². The molecule has 5 rings (SSSR count). The van der Waals surface area contributed by atoms with E-state index in [1.54, 1.807) is 42.2 Å². The summed E-state index contributed by atoms with van der Waals surface area (Å²) < 4.78 is 56.8. The number of alkyl halides is 4. The SMILES string of the molecule is C=C(C1CCN(C(=O)c2ccc3c(-c4cccc(C(C)(F)F)c4)csc3c2)CC1)N(c1ccccc1C)C(F)F. The predicted molar refractivity (Wildman–Crippen MR) is 154 cm³/mol. The van der Waals surface area contributed by atoms with E-state index in [0.29, 0.717) is 48.4 Å². The average molecular weight is 567 g/mol. The molecule has 1 aromatic heterocycles. The number of amides is 1. The monoisotopic (exact) mass is 566 g/mol. The van der Waals surface area contributed by atoms with Crippen LogP contribution in [0.25, 0.3) is 21.2 Å². The number of thiophene rings is 1. The molecule has 0 N–H and O–H groups in total. The fourth-order valence-electron chi connectivity index (χ4n) is 5.36. The second-order valence-electron chi connectivity index (χ2n) is 10.3. The molecule has 40 heavy (non-hydrogen) atoms. The van der Waals surface area contributed by atoms with E-state index in [4.69, 9.17) is 0 Å². The van der Waals surface area contributed by atoms with Crippen LogP contribution in [0, 0.1) is 12.8 Å². The number of aryl methyl sites for hydroxylation is 1. The highest BCUT2D eigenvalue weighted by atomic mass is 32.1. The lowest BCUT2D eigenvalue weighted by molar-refractivity contribution is 0.0175. The standard InChI is InChI=1S/C32H30F4N2OS/c1-20-7-4-5-10-28(20)38(31(33)34)21(2)22-13-15-37(16-14-22)30(39)24-11-12-26-27(19-40-29(26)18-24)23-8-6-9-25(17-23)32(3,35)36/h4-12,17-19,22,31H,2,13-16H2,1,3H3. The Hall–Kier alpha value is -3.65. The average Bonchev–Trinajstić information content (AvgIpc) is 3.37. The van der Waals surface area contributed by atoms with Crippen molar-refractivity contribution in [3.63, 3.8) is 0 Å². The van der Waals surface area contributed by atoms with Gasteiger partial charge in [0.15, 0.2) is 0 Å². The van der Waals surface area contributed by atoms with E-state index in [1.807, 2.05) is 29.6 Å². The summed E-state index contributed by atoms with van der Waals surface area (Å²) >= 11 is 1.46. The Bertz CT molecular complexity index is 1550. The van der Waals surface area contributed by atoms with Gasteiger partial charge in [0.2, 0.25) is 0 Å². The van der Waals surface area contributed by atoms with Crippen LogP contribution in [0.4, 0.5) is 23.2 Å². The molecule has 3 nitrogen and oxygen atoms in total. The number of piperidine rings is 1. The van der Waals surface area contributed by atoms with Gasteiger partial charge >= 0.3 is 6.55 Å². The van der Waals surface area contributed by atoms with E-state index in [1.165, 1.54) is 23.5 Å². The highest BCUT2D eigenvalue weighted by Crippen LogP contribution is 2.38. The summed E-state index contributed by atoms with van der Waals surface area (Å²) in [6.45, 7) is 4.89. The summed E-state index contributed by atoms with van der Waals surface area (Å²) in [4.78, 5) is 16.1. The van der Waals surface area contributed by atoms with Gasteiger partial charge in [-0.25, -0.2) is 8.78 Å². The number of carbonyl (C=O) groups is 1. The van der Waals surface area contributed by atoms with E-state index in [-0.39, 0.29) is 17.4 Å². The van der Waals surface area contributed by atoms with Crippen LogP contribution in [0.3, 0.4) is 0 Å². The van der Waals surface area contributed by atoms with Crippen molar-refractivity contribution in [2.24, 2.45) is 5.92 Å². The molecule has 0 unspecified atom stereocenters. The Morgan fingerprint density at radius 1 is 1.05 bits per heavy atom. The third kappa shape index (κ3) is 5.50. The van der Waals surface area contributed by atoms with Crippen LogP contribution in [-0.2, 0) is 5.92 Å². The quantitative estimate of drug-likeness (QED) is 0.165. The Kier molecular flexibility index (Phi) is 7.73. The Morgan fingerprint density at radius 3 is 2.45 bits per heavy atom. The lowest BCUT2D eigenvalue weighted by Crippen LogP contribution is -2.41. The highest BCUT2D eigenvalue weighted by Gasteiger charge is 2.31. The van der Waals surface area contributed by atoms with Gasteiger partial charge in [-0.15, -0.1) is 11.3 Å². The van der Waals surface area contributed by atoms with Crippen molar-refractivity contribution in [2.45, 2.75) is 39.2 Å². The molecule has 4 aromatic rings. The molecule has 1 fully saturated rings. The van der Waals surface area contributed by atoms with Crippen LogP contribution >= 0.6 is 11.3 Å². The Morgan fingerprint density at radius 2 is 1.77 bits per heavy atom. The number of benzene rings is 3. The van der Waals surface area contributed by atoms with Crippen LogP contribution in [0.15, 0.2) is 84.4 Å². The maximum atomic E-state index is 14.1. The molecular weight excluding hydrogens is 536 g/mol.